The molecule has 1 aromatic carbocycles. The first kappa shape index (κ1) is 16.6. The van der Waals surface area contributed by atoms with E-state index in [4.69, 9.17) is 4.74 Å². The van der Waals surface area contributed by atoms with E-state index in [1.54, 1.807) is 18.9 Å². The average molecular weight is 295 g/mol. The molecule has 0 aromatic heterocycles. The van der Waals surface area contributed by atoms with Crippen LogP contribution in [0.1, 0.15) is 18.9 Å². The number of thioether (sulfide) groups is 1. The van der Waals surface area contributed by atoms with Crippen LogP contribution in [0.25, 0.3) is 0 Å². The molecule has 1 rings (SSSR count). The number of benzene rings is 1. The van der Waals surface area contributed by atoms with Crippen molar-refractivity contribution in [2.75, 3.05) is 26.0 Å². The van der Waals surface area contributed by atoms with E-state index in [0.717, 1.165) is 4.90 Å². The predicted molar refractivity (Wildman–Crippen MR) is 80.8 cm³/mol. The van der Waals surface area contributed by atoms with E-state index in [2.05, 4.69) is 0 Å². The van der Waals surface area contributed by atoms with Crippen molar-refractivity contribution in [3.8, 4) is 0 Å². The molecule has 0 unspecified atom stereocenters. The van der Waals surface area contributed by atoms with Crippen LogP contribution in [0.4, 0.5) is 0 Å². The van der Waals surface area contributed by atoms with Crippen LogP contribution in [0.3, 0.4) is 0 Å². The second kappa shape index (κ2) is 8.64. The summed E-state index contributed by atoms with van der Waals surface area (Å²) in [5, 5.41) is 0. The van der Waals surface area contributed by atoms with Crippen molar-refractivity contribution >= 4 is 23.6 Å². The molecule has 4 nitrogen and oxygen atoms in total. The molecule has 0 radical (unpaired) electrons. The van der Waals surface area contributed by atoms with Crippen LogP contribution in [-0.4, -0.2) is 42.7 Å². The standard InChI is InChI=1S/C15H21NO3S/c1-4-19-15(18)9-10-16(3)14(17)11-20-13-8-6-5-7-12(13)2/h5-8H,4,9-11H2,1-3H3. The summed E-state index contributed by atoms with van der Waals surface area (Å²) in [5.41, 5.74) is 1.17. The lowest BCUT2D eigenvalue weighted by Crippen LogP contribution is -2.30. The highest BCUT2D eigenvalue weighted by atomic mass is 32.2. The van der Waals surface area contributed by atoms with Crippen LogP contribution in [0.5, 0.6) is 0 Å². The minimum Gasteiger partial charge on any atom is -0.466 e. The van der Waals surface area contributed by atoms with E-state index in [9.17, 15) is 9.59 Å². The van der Waals surface area contributed by atoms with E-state index in [-0.39, 0.29) is 18.3 Å². The molecule has 110 valence electrons. The number of esters is 1. The van der Waals surface area contributed by atoms with Gasteiger partial charge in [0.05, 0.1) is 18.8 Å². The van der Waals surface area contributed by atoms with Crippen molar-refractivity contribution in [2.45, 2.75) is 25.2 Å². The first-order valence-corrected chi connectivity index (χ1v) is 7.61. The third-order valence-corrected chi connectivity index (χ3v) is 3.99. The van der Waals surface area contributed by atoms with Gasteiger partial charge in [-0.2, -0.15) is 0 Å². The van der Waals surface area contributed by atoms with Crippen molar-refractivity contribution in [1.29, 1.82) is 0 Å². The molecular formula is C15H21NO3S. The van der Waals surface area contributed by atoms with Crippen molar-refractivity contribution in [1.82, 2.24) is 4.90 Å². The maximum atomic E-state index is 12.0. The quantitative estimate of drug-likeness (QED) is 0.573. The van der Waals surface area contributed by atoms with Gasteiger partial charge in [0.2, 0.25) is 5.91 Å². The van der Waals surface area contributed by atoms with Gasteiger partial charge in [-0.05, 0) is 25.5 Å². The van der Waals surface area contributed by atoms with Gasteiger partial charge in [-0.3, -0.25) is 9.59 Å². The fourth-order valence-electron chi connectivity index (χ4n) is 1.58. The largest absolute Gasteiger partial charge is 0.466 e. The average Bonchev–Trinajstić information content (AvgIpc) is 2.44. The Morgan fingerprint density at radius 1 is 1.30 bits per heavy atom. The summed E-state index contributed by atoms with van der Waals surface area (Å²) < 4.78 is 4.83. The lowest BCUT2D eigenvalue weighted by atomic mass is 10.2. The first-order chi connectivity index (χ1) is 9.54. The number of nitrogens with zero attached hydrogens (tertiary/aromatic N) is 1. The highest BCUT2D eigenvalue weighted by Crippen LogP contribution is 2.21. The number of ether oxygens (including phenoxy) is 1. The molecule has 0 aliphatic heterocycles. The molecule has 0 atom stereocenters. The van der Waals surface area contributed by atoms with Gasteiger partial charge in [0.1, 0.15) is 0 Å². The SMILES string of the molecule is CCOC(=O)CCN(C)C(=O)CSc1ccccc1C. The molecule has 0 heterocycles. The van der Waals surface area contributed by atoms with E-state index in [1.807, 2.05) is 31.2 Å². The fraction of sp³-hybridized carbons (Fsp3) is 0.467. The number of carbonyl (C=O) groups excluding carboxylic acids is 2. The topological polar surface area (TPSA) is 46.6 Å². The third-order valence-electron chi connectivity index (χ3n) is 2.83. The third kappa shape index (κ3) is 5.65. The Bertz CT molecular complexity index is 462. The Morgan fingerprint density at radius 3 is 2.65 bits per heavy atom. The Labute approximate surface area is 124 Å². The van der Waals surface area contributed by atoms with Gasteiger partial charge in [-0.1, -0.05) is 18.2 Å². The zero-order valence-electron chi connectivity index (χ0n) is 12.2. The van der Waals surface area contributed by atoms with E-state index < -0.39 is 0 Å². The van der Waals surface area contributed by atoms with Crippen molar-refractivity contribution in [3.63, 3.8) is 0 Å². The highest BCUT2D eigenvalue weighted by Gasteiger charge is 2.12. The molecule has 1 aromatic rings. The fourth-order valence-corrected chi connectivity index (χ4v) is 2.55. The van der Waals surface area contributed by atoms with Gasteiger partial charge >= 0.3 is 5.97 Å². The molecule has 0 N–H and O–H groups in total. The van der Waals surface area contributed by atoms with Crippen LogP contribution in [0, 0.1) is 6.92 Å². The Morgan fingerprint density at radius 2 is 2.00 bits per heavy atom. The normalized spacial score (nSPS) is 10.2. The summed E-state index contributed by atoms with van der Waals surface area (Å²) >= 11 is 1.52. The molecule has 0 aliphatic carbocycles. The molecule has 0 saturated carbocycles. The maximum Gasteiger partial charge on any atom is 0.307 e. The Kier molecular flexibility index (Phi) is 7.15. The van der Waals surface area contributed by atoms with Crippen LogP contribution in [0.15, 0.2) is 29.2 Å². The summed E-state index contributed by atoms with van der Waals surface area (Å²) in [6.45, 7) is 4.56. The van der Waals surface area contributed by atoms with Crippen molar-refractivity contribution in [3.05, 3.63) is 29.8 Å². The molecule has 0 spiro atoms. The minimum atomic E-state index is -0.265. The lowest BCUT2D eigenvalue weighted by Gasteiger charge is -2.16. The van der Waals surface area contributed by atoms with Gasteiger partial charge in [0.15, 0.2) is 0 Å². The molecule has 5 heteroatoms. The van der Waals surface area contributed by atoms with Gasteiger partial charge in [-0.25, -0.2) is 0 Å². The minimum absolute atomic E-state index is 0.0163. The molecular weight excluding hydrogens is 274 g/mol. The lowest BCUT2D eigenvalue weighted by molar-refractivity contribution is -0.143. The first-order valence-electron chi connectivity index (χ1n) is 6.62. The zero-order chi connectivity index (χ0) is 15.0. The Hall–Kier alpha value is -1.49. The molecule has 0 saturated heterocycles. The monoisotopic (exact) mass is 295 g/mol. The number of aryl methyl sites for hydroxylation is 1. The number of amides is 1. The number of hydrogen-bond donors (Lipinski definition) is 0. The van der Waals surface area contributed by atoms with Gasteiger partial charge < -0.3 is 9.64 Å². The van der Waals surface area contributed by atoms with E-state index >= 15 is 0 Å². The molecule has 20 heavy (non-hydrogen) atoms. The second-order valence-corrected chi connectivity index (χ2v) is 5.44. The number of rotatable bonds is 7. The van der Waals surface area contributed by atoms with Crippen molar-refractivity contribution < 1.29 is 14.3 Å². The smallest absolute Gasteiger partial charge is 0.307 e. The number of hydrogen-bond acceptors (Lipinski definition) is 4. The molecule has 0 fully saturated rings. The maximum absolute atomic E-state index is 12.0. The summed E-state index contributed by atoms with van der Waals surface area (Å²) in [7, 11) is 1.71. The second-order valence-electron chi connectivity index (χ2n) is 4.42. The summed E-state index contributed by atoms with van der Waals surface area (Å²) in [6.07, 6.45) is 0.241. The summed E-state index contributed by atoms with van der Waals surface area (Å²) in [4.78, 5) is 25.9. The molecule has 0 bridgehead atoms. The highest BCUT2D eigenvalue weighted by molar-refractivity contribution is 8.00. The van der Waals surface area contributed by atoms with Crippen LogP contribution in [0.2, 0.25) is 0 Å². The van der Waals surface area contributed by atoms with Gasteiger partial charge in [-0.15, -0.1) is 11.8 Å². The van der Waals surface area contributed by atoms with Crippen LogP contribution >= 0.6 is 11.8 Å². The van der Waals surface area contributed by atoms with Gasteiger partial charge in [0.25, 0.3) is 0 Å². The van der Waals surface area contributed by atoms with Crippen LogP contribution in [-0.2, 0) is 14.3 Å². The molecule has 0 aliphatic rings. The van der Waals surface area contributed by atoms with E-state index in [1.165, 1.54) is 17.3 Å². The van der Waals surface area contributed by atoms with E-state index in [0.29, 0.717) is 18.9 Å². The zero-order valence-corrected chi connectivity index (χ0v) is 13.0. The Balaban J connectivity index is 2.35. The van der Waals surface area contributed by atoms with Crippen molar-refractivity contribution in [2.24, 2.45) is 0 Å². The summed E-state index contributed by atoms with van der Waals surface area (Å²) in [5.74, 6) is 0.130. The van der Waals surface area contributed by atoms with Crippen LogP contribution < -0.4 is 0 Å². The molecule has 1 amide bonds. The number of carbonyl (C=O) groups is 2. The predicted octanol–water partition coefficient (Wildman–Crippen LogP) is 2.50. The van der Waals surface area contributed by atoms with Gasteiger partial charge in [0, 0.05) is 18.5 Å². The summed E-state index contributed by atoms with van der Waals surface area (Å²) in [6, 6.07) is 7.97.